The Hall–Kier alpha value is -1.49. The zero-order valence-corrected chi connectivity index (χ0v) is 13.5. The number of nitrogens with zero attached hydrogens (tertiary/aromatic N) is 1. The second-order valence-electron chi connectivity index (χ2n) is 4.44. The van der Waals surface area contributed by atoms with Gasteiger partial charge in [0.1, 0.15) is 0 Å². The van der Waals surface area contributed by atoms with Crippen molar-refractivity contribution in [3.8, 4) is 0 Å². The minimum Gasteiger partial charge on any atom is -0.478 e. The molecule has 0 aliphatic carbocycles. The molecule has 0 aliphatic rings. The molecule has 3 nitrogen and oxygen atoms in total. The molecule has 2 aromatic rings. The molecule has 110 valence electrons. The fraction of sp³-hybridized carbons (Fsp3) is 0.133. The van der Waals surface area contributed by atoms with Crippen LogP contribution in [-0.4, -0.2) is 18.1 Å². The van der Waals surface area contributed by atoms with Crippen LogP contribution in [0.3, 0.4) is 0 Å². The first-order chi connectivity index (χ1) is 9.95. The summed E-state index contributed by atoms with van der Waals surface area (Å²) in [5.74, 6) is -0.992. The van der Waals surface area contributed by atoms with Crippen molar-refractivity contribution in [3.63, 3.8) is 0 Å². The molecule has 0 fully saturated rings. The highest BCUT2D eigenvalue weighted by Crippen LogP contribution is 2.28. The number of benzene rings is 1. The summed E-state index contributed by atoms with van der Waals surface area (Å²) in [4.78, 5) is 13.8. The van der Waals surface area contributed by atoms with Crippen LogP contribution in [0.4, 0.5) is 5.69 Å². The maximum Gasteiger partial charge on any atom is 0.328 e. The van der Waals surface area contributed by atoms with Gasteiger partial charge < -0.3 is 10.0 Å². The molecule has 2 rings (SSSR count). The van der Waals surface area contributed by atoms with E-state index in [-0.39, 0.29) is 0 Å². The van der Waals surface area contributed by atoms with E-state index in [0.29, 0.717) is 11.6 Å². The van der Waals surface area contributed by atoms with Crippen molar-refractivity contribution in [2.75, 3.05) is 11.9 Å². The van der Waals surface area contributed by atoms with Crippen molar-refractivity contribution >= 4 is 52.3 Å². The molecule has 6 heteroatoms. The third kappa shape index (κ3) is 4.49. The van der Waals surface area contributed by atoms with Gasteiger partial charge in [-0.1, -0.05) is 23.2 Å². The summed E-state index contributed by atoms with van der Waals surface area (Å²) < 4.78 is 0.750. The molecule has 1 aromatic carbocycles. The Bertz CT molecular complexity index is 682. The average Bonchev–Trinajstić information content (AvgIpc) is 2.81. The lowest BCUT2D eigenvalue weighted by Crippen LogP contribution is -2.16. The molecule has 0 atom stereocenters. The minimum atomic E-state index is -0.992. The summed E-state index contributed by atoms with van der Waals surface area (Å²) in [5, 5.41) is 9.33. The van der Waals surface area contributed by atoms with Crippen LogP contribution in [0, 0.1) is 0 Å². The van der Waals surface area contributed by atoms with Crippen LogP contribution in [0.2, 0.25) is 9.36 Å². The number of carboxylic acid groups (broad SMARTS) is 1. The third-order valence-corrected chi connectivity index (χ3v) is 4.28. The first kappa shape index (κ1) is 15.9. The number of carbonyl (C=O) groups is 1. The van der Waals surface area contributed by atoms with Crippen LogP contribution in [0.25, 0.3) is 6.08 Å². The van der Waals surface area contributed by atoms with E-state index in [1.807, 2.05) is 30.1 Å². The summed E-state index contributed by atoms with van der Waals surface area (Å²) in [6.45, 7) is 0.687. The number of carboxylic acids is 1. The smallest absolute Gasteiger partial charge is 0.328 e. The highest BCUT2D eigenvalue weighted by Gasteiger charge is 2.09. The largest absolute Gasteiger partial charge is 0.478 e. The van der Waals surface area contributed by atoms with E-state index in [0.717, 1.165) is 26.5 Å². The quantitative estimate of drug-likeness (QED) is 0.795. The summed E-state index contributed by atoms with van der Waals surface area (Å²) >= 11 is 13.4. The van der Waals surface area contributed by atoms with Crippen LogP contribution >= 0.6 is 34.5 Å². The van der Waals surface area contributed by atoms with Crippen molar-refractivity contribution in [2.45, 2.75) is 6.54 Å². The van der Waals surface area contributed by atoms with Crippen LogP contribution in [-0.2, 0) is 11.3 Å². The first-order valence-corrected chi connectivity index (χ1v) is 7.69. The second-order valence-corrected chi connectivity index (χ2v) is 6.67. The van der Waals surface area contributed by atoms with E-state index in [9.17, 15) is 4.79 Å². The standard InChI is InChI=1S/C15H13Cl2NO2S/c1-18(9-12-4-6-14(17)21-12)13-5-3-11(16)8-10(13)2-7-15(19)20/h2-8H,9H2,1H3,(H,19,20)/b7-2+. The Morgan fingerprint density at radius 2 is 2.10 bits per heavy atom. The van der Waals surface area contributed by atoms with Gasteiger partial charge in [0.05, 0.1) is 10.9 Å². The molecule has 0 spiro atoms. The lowest BCUT2D eigenvalue weighted by Gasteiger charge is -2.21. The van der Waals surface area contributed by atoms with Gasteiger partial charge in [0.2, 0.25) is 0 Å². The molecule has 0 bridgehead atoms. The number of anilines is 1. The van der Waals surface area contributed by atoms with Gasteiger partial charge in [-0.15, -0.1) is 11.3 Å². The van der Waals surface area contributed by atoms with Gasteiger partial charge in [-0.05, 0) is 42.0 Å². The molecule has 1 heterocycles. The van der Waals surface area contributed by atoms with Gasteiger partial charge >= 0.3 is 5.97 Å². The predicted octanol–water partition coefficient (Wildman–Crippen LogP) is 4.79. The van der Waals surface area contributed by atoms with E-state index >= 15 is 0 Å². The Kier molecular flexibility index (Phi) is 5.28. The second kappa shape index (κ2) is 6.98. The average molecular weight is 342 g/mol. The summed E-state index contributed by atoms with van der Waals surface area (Å²) in [6, 6.07) is 9.24. The molecule has 0 unspecified atom stereocenters. The van der Waals surface area contributed by atoms with Crippen LogP contribution in [0.1, 0.15) is 10.4 Å². The lowest BCUT2D eigenvalue weighted by molar-refractivity contribution is -0.131. The summed E-state index contributed by atoms with van der Waals surface area (Å²) in [6.07, 6.45) is 2.65. The van der Waals surface area contributed by atoms with E-state index in [2.05, 4.69) is 0 Å². The molecular formula is C15H13Cl2NO2S. The number of aliphatic carboxylic acids is 1. The van der Waals surface area contributed by atoms with Crippen molar-refractivity contribution in [1.29, 1.82) is 0 Å². The Labute approximate surface area is 137 Å². The highest BCUT2D eigenvalue weighted by molar-refractivity contribution is 7.16. The zero-order chi connectivity index (χ0) is 15.4. The molecule has 1 N–H and O–H groups in total. The number of hydrogen-bond acceptors (Lipinski definition) is 3. The molecule has 1 aromatic heterocycles. The minimum absolute atomic E-state index is 0.566. The van der Waals surface area contributed by atoms with Crippen LogP contribution in [0.15, 0.2) is 36.4 Å². The van der Waals surface area contributed by atoms with Crippen molar-refractivity contribution in [3.05, 3.63) is 56.2 Å². The third-order valence-electron chi connectivity index (χ3n) is 2.83. The molecule has 21 heavy (non-hydrogen) atoms. The van der Waals surface area contributed by atoms with E-state index in [1.165, 1.54) is 11.3 Å². The van der Waals surface area contributed by atoms with E-state index < -0.39 is 5.97 Å². The fourth-order valence-corrected chi connectivity index (χ4v) is 3.24. The molecule has 0 aliphatic heterocycles. The zero-order valence-electron chi connectivity index (χ0n) is 11.2. The van der Waals surface area contributed by atoms with Crippen LogP contribution in [0.5, 0.6) is 0 Å². The van der Waals surface area contributed by atoms with Gasteiger partial charge in [0, 0.05) is 28.7 Å². The maximum absolute atomic E-state index is 10.7. The van der Waals surface area contributed by atoms with Gasteiger partial charge in [0.15, 0.2) is 0 Å². The molecule has 0 saturated carbocycles. The normalized spacial score (nSPS) is 11.0. The predicted molar refractivity (Wildman–Crippen MR) is 89.6 cm³/mol. The Balaban J connectivity index is 2.27. The van der Waals surface area contributed by atoms with Gasteiger partial charge in [-0.2, -0.15) is 0 Å². The topological polar surface area (TPSA) is 40.5 Å². The van der Waals surface area contributed by atoms with Crippen molar-refractivity contribution < 1.29 is 9.90 Å². The molecular weight excluding hydrogens is 329 g/mol. The van der Waals surface area contributed by atoms with Crippen molar-refractivity contribution in [1.82, 2.24) is 0 Å². The first-order valence-electron chi connectivity index (χ1n) is 6.11. The number of halogens is 2. The summed E-state index contributed by atoms with van der Waals surface area (Å²) in [5.41, 5.74) is 1.66. The maximum atomic E-state index is 10.7. The lowest BCUT2D eigenvalue weighted by atomic mass is 10.1. The number of rotatable bonds is 5. The highest BCUT2D eigenvalue weighted by atomic mass is 35.5. The molecule has 0 amide bonds. The molecule has 0 radical (unpaired) electrons. The summed E-state index contributed by atoms with van der Waals surface area (Å²) in [7, 11) is 1.94. The molecule has 0 saturated heterocycles. The number of hydrogen-bond donors (Lipinski definition) is 1. The van der Waals surface area contributed by atoms with Gasteiger partial charge in [-0.25, -0.2) is 4.79 Å². The van der Waals surface area contributed by atoms with Crippen LogP contribution < -0.4 is 4.90 Å². The number of thiophene rings is 1. The Morgan fingerprint density at radius 3 is 2.71 bits per heavy atom. The fourth-order valence-electron chi connectivity index (χ4n) is 1.92. The van der Waals surface area contributed by atoms with Gasteiger partial charge in [-0.3, -0.25) is 0 Å². The monoisotopic (exact) mass is 341 g/mol. The van der Waals surface area contributed by atoms with E-state index in [1.54, 1.807) is 18.2 Å². The van der Waals surface area contributed by atoms with Crippen molar-refractivity contribution in [2.24, 2.45) is 0 Å². The van der Waals surface area contributed by atoms with Gasteiger partial charge in [0.25, 0.3) is 0 Å². The van der Waals surface area contributed by atoms with E-state index in [4.69, 9.17) is 28.3 Å². The SMILES string of the molecule is CN(Cc1ccc(Cl)s1)c1ccc(Cl)cc1/C=C/C(=O)O. The Morgan fingerprint density at radius 1 is 1.33 bits per heavy atom.